The quantitative estimate of drug-likeness (QED) is 0.751. The van der Waals surface area contributed by atoms with Crippen molar-refractivity contribution in [3.8, 4) is 0 Å². The van der Waals surface area contributed by atoms with Crippen LogP contribution in [0.15, 0.2) is 18.7 Å². The Labute approximate surface area is 80.2 Å². The molecule has 13 heavy (non-hydrogen) atoms. The van der Waals surface area contributed by atoms with Crippen molar-refractivity contribution in [1.82, 2.24) is 14.9 Å². The third-order valence-electron chi connectivity index (χ3n) is 2.15. The van der Waals surface area contributed by atoms with Crippen LogP contribution >= 0.6 is 0 Å². The zero-order valence-corrected chi connectivity index (χ0v) is 8.70. The Kier molecular flexibility index (Phi) is 3.96. The molecule has 1 N–H and O–H groups in total. The number of nitrogens with one attached hydrogen (secondary N) is 1. The van der Waals surface area contributed by atoms with Crippen molar-refractivity contribution >= 4 is 0 Å². The molecule has 1 heterocycles. The Morgan fingerprint density at radius 3 is 2.69 bits per heavy atom. The van der Waals surface area contributed by atoms with Crippen LogP contribution in [0.25, 0.3) is 0 Å². The first-order valence-electron chi connectivity index (χ1n) is 4.91. The first-order valence-corrected chi connectivity index (χ1v) is 4.91. The van der Waals surface area contributed by atoms with Gasteiger partial charge in [-0.25, -0.2) is 4.98 Å². The van der Waals surface area contributed by atoms with Crippen LogP contribution in [0, 0.1) is 0 Å². The second kappa shape index (κ2) is 5.02. The molecule has 1 atom stereocenters. The van der Waals surface area contributed by atoms with Gasteiger partial charge in [0, 0.05) is 24.5 Å². The molecule has 0 aromatic carbocycles. The van der Waals surface area contributed by atoms with Crippen LogP contribution < -0.4 is 5.32 Å². The minimum atomic E-state index is 0.536. The smallest absolute Gasteiger partial charge is 0.0948 e. The van der Waals surface area contributed by atoms with E-state index in [1.807, 2.05) is 18.7 Å². The van der Waals surface area contributed by atoms with E-state index in [4.69, 9.17) is 0 Å². The molecule has 74 valence electrons. The number of imidazole rings is 1. The molecule has 1 aromatic rings. The number of hydrogen-bond donors (Lipinski definition) is 1. The highest BCUT2D eigenvalue weighted by molar-refractivity contribution is 4.78. The number of hydrogen-bond acceptors (Lipinski definition) is 2. The van der Waals surface area contributed by atoms with Crippen molar-refractivity contribution in [3.05, 3.63) is 18.7 Å². The molecule has 0 aliphatic rings. The van der Waals surface area contributed by atoms with Crippen LogP contribution in [-0.4, -0.2) is 22.1 Å². The van der Waals surface area contributed by atoms with Gasteiger partial charge in [0.05, 0.1) is 6.33 Å². The third-order valence-corrected chi connectivity index (χ3v) is 2.15. The summed E-state index contributed by atoms with van der Waals surface area (Å²) in [5.74, 6) is 0. The maximum absolute atomic E-state index is 4.03. The Balaban J connectivity index is 2.22. The predicted octanol–water partition coefficient (Wildman–Crippen LogP) is 1.83. The summed E-state index contributed by atoms with van der Waals surface area (Å²) >= 11 is 0. The van der Waals surface area contributed by atoms with Gasteiger partial charge in [0.1, 0.15) is 0 Å². The molecule has 0 aliphatic heterocycles. The first-order chi connectivity index (χ1) is 6.20. The van der Waals surface area contributed by atoms with E-state index in [-0.39, 0.29) is 0 Å². The van der Waals surface area contributed by atoms with E-state index < -0.39 is 0 Å². The lowest BCUT2D eigenvalue weighted by molar-refractivity contribution is 0.464. The van der Waals surface area contributed by atoms with Crippen molar-refractivity contribution < 1.29 is 0 Å². The molecule has 0 saturated heterocycles. The van der Waals surface area contributed by atoms with Crippen molar-refractivity contribution in [2.24, 2.45) is 0 Å². The first kappa shape index (κ1) is 10.3. The molecule has 0 amide bonds. The second-order valence-corrected chi connectivity index (χ2v) is 3.76. The lowest BCUT2D eigenvalue weighted by atomic mass is 10.2. The zero-order chi connectivity index (χ0) is 9.68. The fourth-order valence-electron chi connectivity index (χ4n) is 1.26. The molecule has 1 rings (SSSR count). The Hall–Kier alpha value is -0.830. The maximum Gasteiger partial charge on any atom is 0.0948 e. The summed E-state index contributed by atoms with van der Waals surface area (Å²) in [7, 11) is 0. The Morgan fingerprint density at radius 1 is 1.38 bits per heavy atom. The minimum Gasteiger partial charge on any atom is -0.335 e. The number of aromatic nitrogens is 2. The fourth-order valence-corrected chi connectivity index (χ4v) is 1.26. The van der Waals surface area contributed by atoms with Gasteiger partial charge in [-0.3, -0.25) is 0 Å². The van der Waals surface area contributed by atoms with Gasteiger partial charge in [0.15, 0.2) is 0 Å². The summed E-state index contributed by atoms with van der Waals surface area (Å²) in [6.07, 6.45) is 6.86. The molecule has 0 radical (unpaired) electrons. The monoisotopic (exact) mass is 181 g/mol. The van der Waals surface area contributed by atoms with Crippen LogP contribution in [0.3, 0.4) is 0 Å². The highest BCUT2D eigenvalue weighted by Gasteiger charge is 2.02. The van der Waals surface area contributed by atoms with Crippen LogP contribution in [0.2, 0.25) is 0 Å². The molecular formula is C10H19N3. The average Bonchev–Trinajstić information content (AvgIpc) is 2.55. The molecule has 3 heteroatoms. The largest absolute Gasteiger partial charge is 0.335 e. The van der Waals surface area contributed by atoms with E-state index in [0.29, 0.717) is 12.1 Å². The molecule has 0 aliphatic carbocycles. The van der Waals surface area contributed by atoms with Gasteiger partial charge in [-0.05, 0) is 19.9 Å². The maximum atomic E-state index is 4.03. The lowest BCUT2D eigenvalue weighted by Gasteiger charge is -2.14. The molecule has 0 bridgehead atoms. The van der Waals surface area contributed by atoms with Gasteiger partial charge in [-0.15, -0.1) is 0 Å². The standard InChI is InChI=1S/C10H19N3/c1-9(2)12-5-4-10(3)13-7-6-11-8-13/h6-10,12H,4-5H2,1-3H3. The summed E-state index contributed by atoms with van der Waals surface area (Å²) in [6, 6.07) is 1.11. The Bertz CT molecular complexity index is 216. The van der Waals surface area contributed by atoms with E-state index in [1.54, 1.807) is 0 Å². The zero-order valence-electron chi connectivity index (χ0n) is 8.70. The van der Waals surface area contributed by atoms with E-state index in [0.717, 1.165) is 13.0 Å². The highest BCUT2D eigenvalue weighted by Crippen LogP contribution is 2.07. The molecule has 0 saturated carbocycles. The van der Waals surface area contributed by atoms with Gasteiger partial charge in [0.25, 0.3) is 0 Å². The summed E-state index contributed by atoms with van der Waals surface area (Å²) in [5.41, 5.74) is 0. The fraction of sp³-hybridized carbons (Fsp3) is 0.700. The van der Waals surface area contributed by atoms with Gasteiger partial charge >= 0.3 is 0 Å². The van der Waals surface area contributed by atoms with Gasteiger partial charge in [0.2, 0.25) is 0 Å². The molecular weight excluding hydrogens is 162 g/mol. The highest BCUT2D eigenvalue weighted by atomic mass is 15.0. The van der Waals surface area contributed by atoms with Crippen molar-refractivity contribution in [3.63, 3.8) is 0 Å². The Morgan fingerprint density at radius 2 is 2.15 bits per heavy atom. The van der Waals surface area contributed by atoms with Crippen LogP contribution in [0.1, 0.15) is 33.2 Å². The molecule has 3 nitrogen and oxygen atoms in total. The van der Waals surface area contributed by atoms with Gasteiger partial charge in [-0.2, -0.15) is 0 Å². The summed E-state index contributed by atoms with van der Waals surface area (Å²) in [6.45, 7) is 7.62. The summed E-state index contributed by atoms with van der Waals surface area (Å²) in [5, 5.41) is 3.40. The summed E-state index contributed by atoms with van der Waals surface area (Å²) in [4.78, 5) is 4.03. The molecule has 1 unspecified atom stereocenters. The SMILES string of the molecule is CC(C)NCCC(C)n1ccnc1. The molecule has 0 spiro atoms. The molecule has 1 aromatic heterocycles. The van der Waals surface area contributed by atoms with Crippen molar-refractivity contribution in [2.75, 3.05) is 6.54 Å². The minimum absolute atomic E-state index is 0.536. The number of nitrogens with zero attached hydrogens (tertiary/aromatic N) is 2. The van der Waals surface area contributed by atoms with E-state index in [9.17, 15) is 0 Å². The third kappa shape index (κ3) is 3.59. The normalized spacial score (nSPS) is 13.5. The van der Waals surface area contributed by atoms with E-state index in [2.05, 4.69) is 35.6 Å². The van der Waals surface area contributed by atoms with E-state index >= 15 is 0 Å². The second-order valence-electron chi connectivity index (χ2n) is 3.76. The van der Waals surface area contributed by atoms with Gasteiger partial charge in [-0.1, -0.05) is 13.8 Å². The van der Waals surface area contributed by atoms with Crippen molar-refractivity contribution in [1.29, 1.82) is 0 Å². The van der Waals surface area contributed by atoms with Crippen LogP contribution in [-0.2, 0) is 0 Å². The summed E-state index contributed by atoms with van der Waals surface area (Å²) < 4.78 is 2.14. The van der Waals surface area contributed by atoms with Gasteiger partial charge < -0.3 is 9.88 Å². The topological polar surface area (TPSA) is 29.9 Å². The lowest BCUT2D eigenvalue weighted by Crippen LogP contribution is -2.25. The number of rotatable bonds is 5. The average molecular weight is 181 g/mol. The van der Waals surface area contributed by atoms with E-state index in [1.165, 1.54) is 0 Å². The van der Waals surface area contributed by atoms with Crippen LogP contribution in [0.5, 0.6) is 0 Å². The van der Waals surface area contributed by atoms with Crippen molar-refractivity contribution in [2.45, 2.75) is 39.3 Å². The predicted molar refractivity (Wildman–Crippen MR) is 54.7 cm³/mol. The van der Waals surface area contributed by atoms with Crippen LogP contribution in [0.4, 0.5) is 0 Å². The molecule has 0 fully saturated rings.